The first kappa shape index (κ1) is 20.5. The van der Waals surface area contributed by atoms with Gasteiger partial charge >= 0.3 is 0 Å². The number of rotatable bonds is 9. The van der Waals surface area contributed by atoms with E-state index in [9.17, 15) is 8.42 Å². The summed E-state index contributed by atoms with van der Waals surface area (Å²) >= 11 is 3.12. The van der Waals surface area contributed by atoms with Gasteiger partial charge in [0.05, 0.1) is 22.4 Å². The van der Waals surface area contributed by atoms with Gasteiger partial charge in [-0.15, -0.1) is 21.5 Å². The van der Waals surface area contributed by atoms with Crippen molar-refractivity contribution >= 4 is 33.1 Å². The second kappa shape index (κ2) is 9.40. The molecular weight excluding hydrogens is 428 g/mol. The lowest BCUT2D eigenvalue weighted by molar-refractivity contribution is 0.0953. The Kier molecular flexibility index (Phi) is 6.66. The number of benzene rings is 1. The number of ether oxygens (including phenoxy) is 1. The zero-order valence-corrected chi connectivity index (χ0v) is 18.2. The standard InChI is InChI=1S/C19H22N4O3S3/c24-29(25,16-7-2-1-3-8-16)20-10-13-28-19-22-21-18(17-9-5-12-27-17)23(19)14-15-6-4-11-26-15/h1-3,5,7-9,12,15,20H,4,6,10-11,13-14H2/t15-/m1/s1. The molecule has 4 rings (SSSR count). The lowest BCUT2D eigenvalue weighted by Crippen LogP contribution is -2.26. The van der Waals surface area contributed by atoms with Crippen molar-refractivity contribution in [1.29, 1.82) is 0 Å². The Morgan fingerprint density at radius 2 is 2.07 bits per heavy atom. The summed E-state index contributed by atoms with van der Waals surface area (Å²) in [6.45, 7) is 1.81. The predicted molar refractivity (Wildman–Crippen MR) is 115 cm³/mol. The van der Waals surface area contributed by atoms with Crippen LogP contribution in [0.15, 0.2) is 57.9 Å². The third-order valence-corrected chi connectivity index (χ3v) is 7.86. The maximum absolute atomic E-state index is 12.3. The van der Waals surface area contributed by atoms with Gasteiger partial charge in [-0.2, -0.15) is 0 Å². The van der Waals surface area contributed by atoms with Gasteiger partial charge in [-0.05, 0) is 36.4 Å². The van der Waals surface area contributed by atoms with Gasteiger partial charge in [-0.3, -0.25) is 4.57 Å². The average Bonchev–Trinajstić information content (AvgIpc) is 3.49. The zero-order valence-electron chi connectivity index (χ0n) is 15.7. The van der Waals surface area contributed by atoms with E-state index in [2.05, 4.69) is 19.5 Å². The quantitative estimate of drug-likeness (QED) is 0.398. The molecule has 1 atom stereocenters. The Bertz CT molecular complexity index is 1010. The lowest BCUT2D eigenvalue weighted by atomic mass is 10.2. The van der Waals surface area contributed by atoms with Crippen molar-refractivity contribution < 1.29 is 13.2 Å². The minimum Gasteiger partial charge on any atom is -0.376 e. The molecule has 0 spiro atoms. The topological polar surface area (TPSA) is 86.1 Å². The average molecular weight is 451 g/mol. The van der Waals surface area contributed by atoms with E-state index in [1.807, 2.05) is 17.5 Å². The van der Waals surface area contributed by atoms with Gasteiger partial charge in [0.25, 0.3) is 0 Å². The molecule has 29 heavy (non-hydrogen) atoms. The predicted octanol–water partition coefficient (Wildman–Crippen LogP) is 3.26. The monoisotopic (exact) mass is 450 g/mol. The summed E-state index contributed by atoms with van der Waals surface area (Å²) in [6.07, 6.45) is 2.27. The van der Waals surface area contributed by atoms with Gasteiger partial charge < -0.3 is 4.74 Å². The maximum atomic E-state index is 12.3. The van der Waals surface area contributed by atoms with Crippen molar-refractivity contribution in [3.05, 3.63) is 47.8 Å². The van der Waals surface area contributed by atoms with Crippen LogP contribution in [-0.4, -0.2) is 48.2 Å². The molecule has 1 N–H and O–H groups in total. The van der Waals surface area contributed by atoms with Crippen LogP contribution in [0.4, 0.5) is 0 Å². The molecule has 0 saturated carbocycles. The molecule has 2 aromatic heterocycles. The van der Waals surface area contributed by atoms with Crippen LogP contribution < -0.4 is 4.72 Å². The molecule has 3 aromatic rings. The Morgan fingerprint density at radius 1 is 1.21 bits per heavy atom. The van der Waals surface area contributed by atoms with E-state index in [4.69, 9.17) is 4.74 Å². The van der Waals surface area contributed by atoms with Gasteiger partial charge in [-0.1, -0.05) is 36.0 Å². The van der Waals surface area contributed by atoms with Crippen molar-refractivity contribution in [2.45, 2.75) is 35.5 Å². The highest BCUT2D eigenvalue weighted by molar-refractivity contribution is 7.99. The highest BCUT2D eigenvalue weighted by Crippen LogP contribution is 2.29. The third-order valence-electron chi connectivity index (χ3n) is 4.55. The molecule has 1 aliphatic rings. The maximum Gasteiger partial charge on any atom is 0.240 e. The summed E-state index contributed by atoms with van der Waals surface area (Å²) in [6, 6.07) is 12.4. The van der Waals surface area contributed by atoms with Crippen LogP contribution in [0.3, 0.4) is 0 Å². The van der Waals surface area contributed by atoms with E-state index in [0.717, 1.165) is 35.3 Å². The van der Waals surface area contributed by atoms with E-state index < -0.39 is 10.0 Å². The number of nitrogens with zero attached hydrogens (tertiary/aromatic N) is 3. The first-order valence-corrected chi connectivity index (χ1v) is 12.7. The van der Waals surface area contributed by atoms with Crippen molar-refractivity contribution in [2.75, 3.05) is 18.9 Å². The number of aromatic nitrogens is 3. The van der Waals surface area contributed by atoms with Gasteiger partial charge in [0.2, 0.25) is 10.0 Å². The van der Waals surface area contributed by atoms with Crippen molar-refractivity contribution in [1.82, 2.24) is 19.5 Å². The van der Waals surface area contributed by atoms with Gasteiger partial charge in [0.1, 0.15) is 0 Å². The Hall–Kier alpha value is -1.72. The van der Waals surface area contributed by atoms with E-state index in [1.165, 1.54) is 11.8 Å². The Morgan fingerprint density at radius 3 is 2.79 bits per heavy atom. The van der Waals surface area contributed by atoms with Crippen molar-refractivity contribution in [3.63, 3.8) is 0 Å². The molecular formula is C19H22N4O3S3. The molecule has 0 aliphatic carbocycles. The highest BCUT2D eigenvalue weighted by Gasteiger charge is 2.22. The number of nitrogens with one attached hydrogen (secondary N) is 1. The van der Waals surface area contributed by atoms with Crippen LogP contribution in [0.2, 0.25) is 0 Å². The number of thioether (sulfide) groups is 1. The van der Waals surface area contributed by atoms with Crippen LogP contribution >= 0.6 is 23.1 Å². The summed E-state index contributed by atoms with van der Waals surface area (Å²) in [5.74, 6) is 1.39. The normalized spacial score (nSPS) is 17.0. The smallest absolute Gasteiger partial charge is 0.240 e. The summed E-state index contributed by atoms with van der Waals surface area (Å²) in [7, 11) is -3.50. The molecule has 0 bridgehead atoms. The largest absolute Gasteiger partial charge is 0.376 e. The first-order valence-electron chi connectivity index (χ1n) is 9.40. The van der Waals surface area contributed by atoms with Crippen LogP contribution in [0.1, 0.15) is 12.8 Å². The van der Waals surface area contributed by atoms with E-state index in [1.54, 1.807) is 41.7 Å². The summed E-state index contributed by atoms with van der Waals surface area (Å²) in [5, 5.41) is 11.5. The molecule has 7 nitrogen and oxygen atoms in total. The first-order chi connectivity index (χ1) is 14.1. The van der Waals surface area contributed by atoms with Crippen LogP contribution in [0.25, 0.3) is 10.7 Å². The van der Waals surface area contributed by atoms with Crippen LogP contribution in [0.5, 0.6) is 0 Å². The highest BCUT2D eigenvalue weighted by atomic mass is 32.2. The molecule has 1 aromatic carbocycles. The minimum atomic E-state index is -3.50. The third kappa shape index (κ3) is 5.07. The fraction of sp³-hybridized carbons (Fsp3) is 0.368. The molecule has 1 aliphatic heterocycles. The van der Waals surface area contributed by atoms with Crippen molar-refractivity contribution in [3.8, 4) is 10.7 Å². The Balaban J connectivity index is 1.41. The van der Waals surface area contributed by atoms with E-state index >= 15 is 0 Å². The molecule has 10 heteroatoms. The summed E-state index contributed by atoms with van der Waals surface area (Å²) in [4.78, 5) is 1.33. The summed E-state index contributed by atoms with van der Waals surface area (Å²) in [5.41, 5.74) is 0. The van der Waals surface area contributed by atoms with Crippen LogP contribution in [0, 0.1) is 0 Å². The fourth-order valence-corrected chi connectivity index (χ4v) is 5.84. The minimum absolute atomic E-state index is 0.167. The molecule has 0 unspecified atom stereocenters. The number of hydrogen-bond donors (Lipinski definition) is 1. The lowest BCUT2D eigenvalue weighted by Gasteiger charge is -2.14. The summed E-state index contributed by atoms with van der Waals surface area (Å²) < 4.78 is 35.2. The number of sulfonamides is 1. The Labute approximate surface area is 178 Å². The SMILES string of the molecule is O=S(=O)(NCCSc1nnc(-c2cccs2)n1C[C@H]1CCCO1)c1ccccc1. The molecule has 154 valence electrons. The fourth-order valence-electron chi connectivity index (χ4n) is 3.14. The zero-order chi connectivity index (χ0) is 20.1. The second-order valence-electron chi connectivity index (χ2n) is 6.59. The molecule has 0 amide bonds. The van der Waals surface area contributed by atoms with E-state index in [-0.39, 0.29) is 11.0 Å². The van der Waals surface area contributed by atoms with Gasteiger partial charge in [-0.25, -0.2) is 13.1 Å². The molecule has 3 heterocycles. The molecule has 1 saturated heterocycles. The van der Waals surface area contributed by atoms with E-state index in [0.29, 0.717) is 18.8 Å². The number of hydrogen-bond acceptors (Lipinski definition) is 7. The van der Waals surface area contributed by atoms with Crippen LogP contribution in [-0.2, 0) is 21.3 Å². The second-order valence-corrected chi connectivity index (χ2v) is 10.4. The molecule has 1 fully saturated rings. The van der Waals surface area contributed by atoms with Gasteiger partial charge in [0.15, 0.2) is 11.0 Å². The van der Waals surface area contributed by atoms with Gasteiger partial charge in [0, 0.05) is 18.9 Å². The van der Waals surface area contributed by atoms with Crippen molar-refractivity contribution in [2.24, 2.45) is 0 Å². The molecule has 0 radical (unpaired) electrons. The number of thiophene rings is 1.